The molecule has 0 saturated carbocycles. The third-order valence-corrected chi connectivity index (χ3v) is 3.43. The number of ether oxygens (including phenoxy) is 1. The fraction of sp³-hybridized carbons (Fsp3) is 0.455. The van der Waals surface area contributed by atoms with Crippen LogP contribution in [0.4, 0.5) is 0 Å². The van der Waals surface area contributed by atoms with Crippen LogP contribution in [0.3, 0.4) is 0 Å². The van der Waals surface area contributed by atoms with Crippen LogP contribution in [-0.4, -0.2) is 28.2 Å². The monoisotopic (exact) mass is 268 g/mol. The fourth-order valence-electron chi connectivity index (χ4n) is 1.24. The Morgan fingerprint density at radius 3 is 2.29 bits per heavy atom. The summed E-state index contributed by atoms with van der Waals surface area (Å²) in [4.78, 5) is 0.168. The molecule has 0 bridgehead atoms. The van der Waals surface area contributed by atoms with E-state index in [0.717, 1.165) is 5.56 Å². The van der Waals surface area contributed by atoms with E-state index in [0.29, 0.717) is 0 Å². The van der Waals surface area contributed by atoms with Crippen molar-refractivity contribution >= 4 is 10.1 Å². The molecule has 6 heteroatoms. The molecule has 0 radical (unpaired) electrons. The van der Waals surface area contributed by atoms with Gasteiger partial charge in [-0.05, 0) is 26.0 Å². The summed E-state index contributed by atoms with van der Waals surface area (Å²) in [5.41, 5.74) is 1.00. The molecule has 1 aromatic carbocycles. The third kappa shape index (κ3) is 5.50. The average Bonchev–Trinajstić information content (AvgIpc) is 2.17. The summed E-state index contributed by atoms with van der Waals surface area (Å²) in [6, 6.07) is 6.53. The molecular weight excluding hydrogens is 251 g/mol. The van der Waals surface area contributed by atoms with Gasteiger partial charge in [0.1, 0.15) is 0 Å². The Bertz CT molecular complexity index is 433. The Labute approximate surface area is 126 Å². The maximum absolute atomic E-state index is 11.8. The number of rotatable bonds is 5. The molecule has 17 heavy (non-hydrogen) atoms. The number of benzene rings is 1. The van der Waals surface area contributed by atoms with E-state index >= 15 is 0 Å². The normalized spacial score (nSPS) is 12.9. The second kappa shape index (κ2) is 7.51. The SMILES string of the molecule is COC[C@H](C)OS(=O)(=O)c1ccc(C)cc1.[H-].[Na+]. The van der Waals surface area contributed by atoms with E-state index in [4.69, 9.17) is 8.92 Å². The van der Waals surface area contributed by atoms with Gasteiger partial charge >= 0.3 is 29.6 Å². The van der Waals surface area contributed by atoms with Crippen molar-refractivity contribution in [1.29, 1.82) is 0 Å². The summed E-state index contributed by atoms with van der Waals surface area (Å²) < 4.78 is 33.3. The minimum absolute atomic E-state index is 0. The van der Waals surface area contributed by atoms with Gasteiger partial charge in [-0.2, -0.15) is 8.42 Å². The smallest absolute Gasteiger partial charge is 1.00 e. The molecule has 1 aromatic rings. The second-order valence-corrected chi connectivity index (χ2v) is 5.20. The van der Waals surface area contributed by atoms with Gasteiger partial charge in [-0.25, -0.2) is 0 Å². The third-order valence-electron chi connectivity index (χ3n) is 2.00. The average molecular weight is 268 g/mol. The van der Waals surface area contributed by atoms with Crippen molar-refractivity contribution in [3.8, 4) is 0 Å². The first-order valence-corrected chi connectivity index (χ1v) is 6.35. The molecule has 0 fully saturated rings. The molecule has 1 rings (SSSR count). The summed E-state index contributed by atoms with van der Waals surface area (Å²) in [6.45, 7) is 3.78. The molecule has 0 aromatic heterocycles. The van der Waals surface area contributed by atoms with E-state index in [1.54, 1.807) is 19.1 Å². The summed E-state index contributed by atoms with van der Waals surface area (Å²) in [6.07, 6.45) is -0.490. The predicted molar refractivity (Wildman–Crippen MR) is 61.9 cm³/mol. The van der Waals surface area contributed by atoms with Crippen LogP contribution in [0.5, 0.6) is 0 Å². The van der Waals surface area contributed by atoms with Crippen molar-refractivity contribution < 1.29 is 48.3 Å². The summed E-state index contributed by atoms with van der Waals surface area (Å²) in [5.74, 6) is 0. The summed E-state index contributed by atoms with van der Waals surface area (Å²) in [7, 11) is -2.18. The Balaban J connectivity index is 0. The van der Waals surface area contributed by atoms with Crippen LogP contribution in [0, 0.1) is 6.92 Å². The predicted octanol–water partition coefficient (Wildman–Crippen LogP) is -1.15. The summed E-state index contributed by atoms with van der Waals surface area (Å²) >= 11 is 0. The van der Waals surface area contributed by atoms with Gasteiger partial charge in [0.2, 0.25) is 0 Å². The zero-order valence-corrected chi connectivity index (χ0v) is 13.5. The maximum Gasteiger partial charge on any atom is 1.00 e. The van der Waals surface area contributed by atoms with Crippen LogP contribution in [0.15, 0.2) is 29.2 Å². The van der Waals surface area contributed by atoms with Crippen LogP contribution in [0.1, 0.15) is 13.9 Å². The first-order valence-electron chi connectivity index (χ1n) is 4.94. The van der Waals surface area contributed by atoms with Gasteiger partial charge in [0.05, 0.1) is 17.6 Å². The number of aryl methyl sites for hydroxylation is 1. The number of hydrogen-bond acceptors (Lipinski definition) is 4. The first kappa shape index (κ1) is 17.1. The quantitative estimate of drug-likeness (QED) is 0.500. The van der Waals surface area contributed by atoms with Crippen LogP contribution >= 0.6 is 0 Å². The van der Waals surface area contributed by atoms with Gasteiger partial charge in [0, 0.05) is 7.11 Å². The first-order chi connectivity index (χ1) is 7.45. The second-order valence-electron chi connectivity index (χ2n) is 3.63. The molecule has 0 unspecified atom stereocenters. The summed E-state index contributed by atoms with van der Waals surface area (Å²) in [5, 5.41) is 0. The Morgan fingerprint density at radius 1 is 1.29 bits per heavy atom. The van der Waals surface area contributed by atoms with Crippen LogP contribution in [-0.2, 0) is 19.0 Å². The molecule has 0 spiro atoms. The van der Waals surface area contributed by atoms with E-state index in [9.17, 15) is 8.42 Å². The molecule has 92 valence electrons. The van der Waals surface area contributed by atoms with E-state index in [1.807, 2.05) is 6.92 Å². The van der Waals surface area contributed by atoms with Crippen molar-refractivity contribution in [3.63, 3.8) is 0 Å². The fourth-order valence-corrected chi connectivity index (χ4v) is 2.31. The van der Waals surface area contributed by atoms with Crippen molar-refractivity contribution in [3.05, 3.63) is 29.8 Å². The van der Waals surface area contributed by atoms with E-state index < -0.39 is 16.2 Å². The van der Waals surface area contributed by atoms with Crippen LogP contribution < -0.4 is 29.6 Å². The Kier molecular flexibility index (Phi) is 7.55. The maximum atomic E-state index is 11.8. The van der Waals surface area contributed by atoms with E-state index in [-0.39, 0.29) is 42.5 Å². The minimum Gasteiger partial charge on any atom is -1.00 e. The molecule has 0 saturated heterocycles. The molecule has 0 heterocycles. The van der Waals surface area contributed by atoms with Crippen molar-refractivity contribution in [2.45, 2.75) is 24.8 Å². The number of methoxy groups -OCH3 is 1. The molecule has 1 atom stereocenters. The van der Waals surface area contributed by atoms with E-state index in [2.05, 4.69) is 0 Å². The number of hydrogen-bond donors (Lipinski definition) is 0. The molecule has 0 aliphatic carbocycles. The van der Waals surface area contributed by atoms with Crippen LogP contribution in [0.2, 0.25) is 0 Å². The molecule has 0 aliphatic rings. The van der Waals surface area contributed by atoms with Gasteiger partial charge in [-0.15, -0.1) is 0 Å². The molecule has 0 amide bonds. The van der Waals surface area contributed by atoms with Crippen LogP contribution in [0.25, 0.3) is 0 Å². The largest absolute Gasteiger partial charge is 1.00 e. The molecule has 4 nitrogen and oxygen atoms in total. The van der Waals surface area contributed by atoms with Crippen molar-refractivity contribution in [2.24, 2.45) is 0 Å². The molecule has 0 N–H and O–H groups in total. The Hall–Kier alpha value is 0.0900. The van der Waals surface area contributed by atoms with Gasteiger partial charge in [0.15, 0.2) is 0 Å². The Morgan fingerprint density at radius 2 is 1.82 bits per heavy atom. The van der Waals surface area contributed by atoms with Crippen molar-refractivity contribution in [1.82, 2.24) is 0 Å². The standard InChI is InChI=1S/C11H16O4S.Na.H/c1-9-4-6-11(7-5-9)16(12,13)15-10(2)8-14-3;;/h4-7,10H,8H2,1-3H3;;/q;+1;-1/t10-;;/m0../s1. The topological polar surface area (TPSA) is 52.6 Å². The van der Waals surface area contributed by atoms with Crippen molar-refractivity contribution in [2.75, 3.05) is 13.7 Å². The van der Waals surface area contributed by atoms with E-state index in [1.165, 1.54) is 19.2 Å². The minimum atomic E-state index is -3.68. The van der Waals surface area contributed by atoms with Gasteiger partial charge in [-0.3, -0.25) is 4.18 Å². The molecular formula is C11H17NaO4S. The van der Waals surface area contributed by atoms with Gasteiger partial charge in [-0.1, -0.05) is 17.7 Å². The van der Waals surface area contributed by atoms with Gasteiger partial charge < -0.3 is 6.16 Å². The molecule has 0 aliphatic heterocycles. The zero-order chi connectivity index (χ0) is 12.2. The zero-order valence-electron chi connectivity index (χ0n) is 11.6. The van der Waals surface area contributed by atoms with Gasteiger partial charge in [0.25, 0.3) is 10.1 Å².